The third-order valence-corrected chi connectivity index (χ3v) is 2.60. The number of aliphatic carboxylic acids is 1. The van der Waals surface area contributed by atoms with Crippen LogP contribution in [-0.2, 0) is 9.53 Å². The number of aromatic nitrogens is 1. The molecular formula is C11H18N2O4. The maximum atomic E-state index is 11.0. The van der Waals surface area contributed by atoms with E-state index in [9.17, 15) is 4.79 Å². The Morgan fingerprint density at radius 1 is 1.59 bits per heavy atom. The maximum Gasteiger partial charge on any atom is 0.323 e. The fourth-order valence-electron chi connectivity index (χ4n) is 1.85. The summed E-state index contributed by atoms with van der Waals surface area (Å²) in [5.41, 5.74) is 1.66. The Balaban J connectivity index is 2.77. The monoisotopic (exact) mass is 242 g/mol. The zero-order chi connectivity index (χ0) is 13.0. The molecule has 0 aliphatic carbocycles. The molecule has 0 aliphatic heterocycles. The van der Waals surface area contributed by atoms with Gasteiger partial charge in [0.25, 0.3) is 0 Å². The quantitative estimate of drug-likeness (QED) is 0.775. The number of ether oxygens (including phenoxy) is 1. The van der Waals surface area contributed by atoms with Crippen molar-refractivity contribution in [1.29, 1.82) is 0 Å². The number of carbonyl (C=O) groups is 1. The molecule has 17 heavy (non-hydrogen) atoms. The van der Waals surface area contributed by atoms with E-state index in [1.54, 1.807) is 6.92 Å². The second-order valence-corrected chi connectivity index (χ2v) is 3.97. The molecular weight excluding hydrogens is 224 g/mol. The van der Waals surface area contributed by atoms with Crippen LogP contribution in [0.3, 0.4) is 0 Å². The number of methoxy groups -OCH3 is 1. The molecule has 0 radical (unpaired) electrons. The molecule has 0 bridgehead atoms. The van der Waals surface area contributed by atoms with E-state index in [1.807, 2.05) is 13.8 Å². The number of nitrogens with zero attached hydrogens (tertiary/aromatic N) is 1. The summed E-state index contributed by atoms with van der Waals surface area (Å²) >= 11 is 0. The lowest BCUT2D eigenvalue weighted by atomic mass is 10.1. The molecule has 0 spiro atoms. The Bertz CT molecular complexity index is 369. The Kier molecular flexibility index (Phi) is 4.65. The van der Waals surface area contributed by atoms with E-state index in [2.05, 4.69) is 10.5 Å². The number of hydrogen-bond donors (Lipinski definition) is 2. The van der Waals surface area contributed by atoms with Crippen molar-refractivity contribution in [3.05, 3.63) is 17.0 Å². The zero-order valence-corrected chi connectivity index (χ0v) is 10.5. The van der Waals surface area contributed by atoms with Gasteiger partial charge in [-0.05, 0) is 20.8 Å². The number of hydrogen-bond acceptors (Lipinski definition) is 5. The van der Waals surface area contributed by atoms with Gasteiger partial charge in [-0.1, -0.05) is 5.16 Å². The highest BCUT2D eigenvalue weighted by Crippen LogP contribution is 2.21. The third kappa shape index (κ3) is 3.28. The molecule has 2 unspecified atom stereocenters. The van der Waals surface area contributed by atoms with Gasteiger partial charge < -0.3 is 14.4 Å². The molecule has 0 saturated heterocycles. The van der Waals surface area contributed by atoms with E-state index in [4.69, 9.17) is 14.4 Å². The molecule has 0 aromatic carbocycles. The second kappa shape index (κ2) is 5.79. The Labute approximate surface area is 99.9 Å². The number of rotatable bonds is 6. The van der Waals surface area contributed by atoms with Gasteiger partial charge in [-0.25, -0.2) is 0 Å². The van der Waals surface area contributed by atoms with E-state index in [0.717, 1.165) is 11.3 Å². The van der Waals surface area contributed by atoms with Crippen LogP contribution in [0.4, 0.5) is 0 Å². The summed E-state index contributed by atoms with van der Waals surface area (Å²) in [5, 5.41) is 15.8. The smallest absolute Gasteiger partial charge is 0.323 e. The largest absolute Gasteiger partial charge is 0.480 e. The number of carboxylic acids is 1. The molecule has 0 fully saturated rings. The predicted molar refractivity (Wildman–Crippen MR) is 60.8 cm³/mol. The number of nitrogens with one attached hydrogen (secondary N) is 1. The molecule has 1 aromatic rings. The molecule has 1 aromatic heterocycles. The molecule has 6 nitrogen and oxygen atoms in total. The van der Waals surface area contributed by atoms with Crippen LogP contribution in [0, 0.1) is 13.8 Å². The SMILES string of the molecule is COCC(NC(C)c1c(C)noc1C)C(=O)O. The molecule has 96 valence electrons. The van der Waals surface area contributed by atoms with Gasteiger partial charge >= 0.3 is 5.97 Å². The van der Waals surface area contributed by atoms with Crippen LogP contribution in [0.5, 0.6) is 0 Å². The van der Waals surface area contributed by atoms with Crippen molar-refractivity contribution in [2.75, 3.05) is 13.7 Å². The first-order valence-corrected chi connectivity index (χ1v) is 5.38. The van der Waals surface area contributed by atoms with E-state index in [0.29, 0.717) is 5.76 Å². The summed E-state index contributed by atoms with van der Waals surface area (Å²) in [6.45, 7) is 5.62. The van der Waals surface area contributed by atoms with Crippen LogP contribution in [0.15, 0.2) is 4.52 Å². The summed E-state index contributed by atoms with van der Waals surface area (Å²) in [6.07, 6.45) is 0. The molecule has 2 atom stereocenters. The molecule has 0 amide bonds. The van der Waals surface area contributed by atoms with Gasteiger partial charge in [-0.15, -0.1) is 0 Å². The van der Waals surface area contributed by atoms with Gasteiger partial charge in [0.05, 0.1) is 12.3 Å². The normalized spacial score (nSPS) is 14.6. The molecule has 2 N–H and O–H groups in total. The summed E-state index contributed by atoms with van der Waals surface area (Å²) in [7, 11) is 1.47. The van der Waals surface area contributed by atoms with E-state index >= 15 is 0 Å². The van der Waals surface area contributed by atoms with E-state index in [1.165, 1.54) is 7.11 Å². The van der Waals surface area contributed by atoms with Crippen molar-refractivity contribution < 1.29 is 19.2 Å². The molecule has 1 heterocycles. The van der Waals surface area contributed by atoms with Crippen molar-refractivity contribution >= 4 is 5.97 Å². The Hall–Kier alpha value is -1.40. The topological polar surface area (TPSA) is 84.6 Å². The first kappa shape index (κ1) is 13.7. The fraction of sp³-hybridized carbons (Fsp3) is 0.636. The molecule has 0 saturated carbocycles. The van der Waals surface area contributed by atoms with Crippen LogP contribution in [-0.4, -0.2) is 36.0 Å². The molecule has 0 aliphatic rings. The van der Waals surface area contributed by atoms with Gasteiger partial charge in [0.2, 0.25) is 0 Å². The number of aryl methyl sites for hydroxylation is 2. The van der Waals surface area contributed by atoms with Gasteiger partial charge in [0, 0.05) is 18.7 Å². The lowest BCUT2D eigenvalue weighted by molar-refractivity contribution is -0.141. The van der Waals surface area contributed by atoms with Crippen LogP contribution < -0.4 is 5.32 Å². The predicted octanol–water partition coefficient (Wildman–Crippen LogP) is 1.04. The standard InChI is InChI=1S/C11H18N2O4/c1-6(10-7(2)13-17-8(10)3)12-9(5-16-4)11(14)15/h6,9,12H,5H2,1-4H3,(H,14,15). The summed E-state index contributed by atoms with van der Waals surface area (Å²) in [6, 6.07) is -0.902. The zero-order valence-electron chi connectivity index (χ0n) is 10.5. The van der Waals surface area contributed by atoms with Gasteiger partial charge in [-0.2, -0.15) is 0 Å². The minimum atomic E-state index is -0.939. The fourth-order valence-corrected chi connectivity index (χ4v) is 1.85. The molecule has 6 heteroatoms. The first-order chi connectivity index (χ1) is 7.97. The highest BCUT2D eigenvalue weighted by Gasteiger charge is 2.23. The maximum absolute atomic E-state index is 11.0. The summed E-state index contributed by atoms with van der Waals surface area (Å²) in [5.74, 6) is -0.241. The van der Waals surface area contributed by atoms with Crippen LogP contribution in [0.1, 0.15) is 30.0 Å². The third-order valence-electron chi connectivity index (χ3n) is 2.60. The minimum absolute atomic E-state index is 0.114. The second-order valence-electron chi connectivity index (χ2n) is 3.97. The van der Waals surface area contributed by atoms with Crippen LogP contribution >= 0.6 is 0 Å². The van der Waals surface area contributed by atoms with Gasteiger partial charge in [-0.3, -0.25) is 10.1 Å². The Morgan fingerprint density at radius 3 is 2.65 bits per heavy atom. The van der Waals surface area contributed by atoms with E-state index < -0.39 is 12.0 Å². The lowest BCUT2D eigenvalue weighted by Gasteiger charge is -2.19. The highest BCUT2D eigenvalue weighted by molar-refractivity contribution is 5.73. The number of carboxylic acid groups (broad SMARTS) is 1. The van der Waals surface area contributed by atoms with Crippen molar-refractivity contribution in [3.8, 4) is 0 Å². The first-order valence-electron chi connectivity index (χ1n) is 5.38. The Morgan fingerprint density at radius 2 is 2.24 bits per heavy atom. The van der Waals surface area contributed by atoms with Crippen molar-refractivity contribution in [2.24, 2.45) is 0 Å². The van der Waals surface area contributed by atoms with E-state index in [-0.39, 0.29) is 12.6 Å². The van der Waals surface area contributed by atoms with Crippen LogP contribution in [0.25, 0.3) is 0 Å². The van der Waals surface area contributed by atoms with Crippen LogP contribution in [0.2, 0.25) is 0 Å². The minimum Gasteiger partial charge on any atom is -0.480 e. The summed E-state index contributed by atoms with van der Waals surface area (Å²) < 4.78 is 9.91. The lowest BCUT2D eigenvalue weighted by Crippen LogP contribution is -2.41. The average molecular weight is 242 g/mol. The van der Waals surface area contributed by atoms with Crippen molar-refractivity contribution in [1.82, 2.24) is 10.5 Å². The van der Waals surface area contributed by atoms with Gasteiger partial charge in [0.1, 0.15) is 11.8 Å². The highest BCUT2D eigenvalue weighted by atomic mass is 16.5. The summed E-state index contributed by atoms with van der Waals surface area (Å²) in [4.78, 5) is 11.0. The average Bonchev–Trinajstić information content (AvgIpc) is 2.57. The van der Waals surface area contributed by atoms with Crippen molar-refractivity contribution in [3.63, 3.8) is 0 Å². The van der Waals surface area contributed by atoms with Gasteiger partial charge in [0.15, 0.2) is 0 Å². The van der Waals surface area contributed by atoms with Crippen molar-refractivity contribution in [2.45, 2.75) is 32.9 Å². The molecule has 1 rings (SSSR count).